The first-order valence-corrected chi connectivity index (χ1v) is 8.27. The third kappa shape index (κ3) is 4.61. The monoisotopic (exact) mass is 352 g/mol. The van der Waals surface area contributed by atoms with Crippen LogP contribution in [-0.4, -0.2) is 11.1 Å². The molecule has 0 heterocycles. The summed E-state index contributed by atoms with van der Waals surface area (Å²) in [6, 6.07) is 22.8. The zero-order valence-electron chi connectivity index (χ0n) is 13.5. The Bertz CT molecular complexity index is 858. The number of halogens is 1. The van der Waals surface area contributed by atoms with Crippen LogP contribution in [0.25, 0.3) is 11.1 Å². The van der Waals surface area contributed by atoms with Gasteiger partial charge in [-0.15, -0.1) is 0 Å². The molecule has 4 heteroatoms. The first-order chi connectivity index (χ1) is 12.1. The first-order valence-electron chi connectivity index (χ1n) is 7.89. The fourth-order valence-electron chi connectivity index (χ4n) is 2.58. The van der Waals surface area contributed by atoms with Crippen molar-refractivity contribution >= 4 is 17.6 Å². The molecule has 0 saturated heterocycles. The van der Waals surface area contributed by atoms with E-state index in [-0.39, 0.29) is 6.42 Å². The van der Waals surface area contributed by atoms with E-state index in [0.717, 1.165) is 16.7 Å². The molecule has 0 aliphatic carbocycles. The summed E-state index contributed by atoms with van der Waals surface area (Å²) >= 11 is 5.93. The fourth-order valence-corrected chi connectivity index (χ4v) is 2.70. The molecule has 0 fully saturated rings. The van der Waals surface area contributed by atoms with Gasteiger partial charge in [0, 0.05) is 10.6 Å². The van der Waals surface area contributed by atoms with Crippen molar-refractivity contribution in [3.8, 4) is 16.9 Å². The maximum atomic E-state index is 11.2. The molecule has 0 radical (unpaired) electrons. The molecular formula is C21H17ClO3. The lowest BCUT2D eigenvalue weighted by Crippen LogP contribution is -2.04. The topological polar surface area (TPSA) is 46.5 Å². The third-order valence-corrected chi connectivity index (χ3v) is 4.07. The number of carboxylic acid groups (broad SMARTS) is 1. The molecule has 3 aromatic rings. The van der Waals surface area contributed by atoms with Crippen molar-refractivity contribution in [1.29, 1.82) is 0 Å². The summed E-state index contributed by atoms with van der Waals surface area (Å²) < 4.78 is 5.85. The van der Waals surface area contributed by atoms with E-state index in [9.17, 15) is 9.90 Å². The van der Waals surface area contributed by atoms with E-state index in [1.54, 1.807) is 0 Å². The predicted molar refractivity (Wildman–Crippen MR) is 99.0 cm³/mol. The molecule has 3 rings (SSSR count). The van der Waals surface area contributed by atoms with Gasteiger partial charge in [-0.2, -0.15) is 0 Å². The lowest BCUT2D eigenvalue weighted by atomic mass is 10.0. The molecule has 3 aromatic carbocycles. The normalized spacial score (nSPS) is 10.4. The van der Waals surface area contributed by atoms with Crippen molar-refractivity contribution in [3.05, 3.63) is 88.9 Å². The van der Waals surface area contributed by atoms with Gasteiger partial charge in [0.05, 0.1) is 6.42 Å². The van der Waals surface area contributed by atoms with Gasteiger partial charge in [0.15, 0.2) is 0 Å². The van der Waals surface area contributed by atoms with Crippen molar-refractivity contribution < 1.29 is 14.6 Å². The average Bonchev–Trinajstić information content (AvgIpc) is 2.62. The molecular weight excluding hydrogens is 336 g/mol. The number of hydrogen-bond acceptors (Lipinski definition) is 2. The van der Waals surface area contributed by atoms with Gasteiger partial charge < -0.3 is 9.84 Å². The molecule has 0 bridgehead atoms. The molecule has 0 unspecified atom stereocenters. The standard InChI is InChI=1S/C21H17ClO3/c22-19-9-6-16(7-10-19)17-8-11-20(18(12-17)13-21(23)24)25-14-15-4-2-1-3-5-15/h1-12H,13-14H2,(H,23,24). The number of ether oxygens (including phenoxy) is 1. The maximum absolute atomic E-state index is 11.2. The maximum Gasteiger partial charge on any atom is 0.307 e. The summed E-state index contributed by atoms with van der Waals surface area (Å²) in [6.45, 7) is 0.397. The number of hydrogen-bond donors (Lipinski definition) is 1. The molecule has 3 nitrogen and oxygen atoms in total. The van der Waals surface area contributed by atoms with Crippen LogP contribution in [-0.2, 0) is 17.8 Å². The fraction of sp³-hybridized carbons (Fsp3) is 0.0952. The molecule has 126 valence electrons. The Hall–Kier alpha value is -2.78. The van der Waals surface area contributed by atoms with Crippen molar-refractivity contribution in [2.45, 2.75) is 13.0 Å². The van der Waals surface area contributed by atoms with Crippen LogP contribution in [0.2, 0.25) is 5.02 Å². The molecule has 0 aromatic heterocycles. The van der Waals surface area contributed by atoms with Gasteiger partial charge in [0.1, 0.15) is 12.4 Å². The summed E-state index contributed by atoms with van der Waals surface area (Å²) in [5.74, 6) is -0.304. The largest absolute Gasteiger partial charge is 0.489 e. The highest BCUT2D eigenvalue weighted by atomic mass is 35.5. The quantitative estimate of drug-likeness (QED) is 0.662. The van der Waals surface area contributed by atoms with E-state index < -0.39 is 5.97 Å². The van der Waals surface area contributed by atoms with Gasteiger partial charge in [0.25, 0.3) is 0 Å². The molecule has 0 atom stereocenters. The van der Waals surface area contributed by atoms with Crippen LogP contribution in [0.4, 0.5) is 0 Å². The Morgan fingerprint density at radius 1 is 0.920 bits per heavy atom. The van der Waals surface area contributed by atoms with Crippen molar-refractivity contribution in [1.82, 2.24) is 0 Å². The minimum absolute atomic E-state index is 0.0917. The van der Waals surface area contributed by atoms with E-state index in [1.165, 1.54) is 0 Å². The Morgan fingerprint density at radius 3 is 2.28 bits per heavy atom. The zero-order valence-corrected chi connectivity index (χ0v) is 14.2. The van der Waals surface area contributed by atoms with Crippen LogP contribution in [0.3, 0.4) is 0 Å². The van der Waals surface area contributed by atoms with Crippen LogP contribution in [0.5, 0.6) is 5.75 Å². The lowest BCUT2D eigenvalue weighted by Gasteiger charge is -2.13. The van der Waals surface area contributed by atoms with Crippen molar-refractivity contribution in [2.24, 2.45) is 0 Å². The number of benzene rings is 3. The SMILES string of the molecule is O=C(O)Cc1cc(-c2ccc(Cl)cc2)ccc1OCc1ccccc1. The molecule has 0 spiro atoms. The van der Waals surface area contributed by atoms with Gasteiger partial charge in [0.2, 0.25) is 0 Å². The van der Waals surface area contributed by atoms with Crippen LogP contribution in [0.1, 0.15) is 11.1 Å². The predicted octanol–water partition coefficient (Wildman–Crippen LogP) is 5.21. The minimum atomic E-state index is -0.891. The zero-order chi connectivity index (χ0) is 17.6. The Kier molecular flexibility index (Phi) is 5.36. The number of carboxylic acids is 1. The van der Waals surface area contributed by atoms with E-state index in [2.05, 4.69) is 0 Å². The van der Waals surface area contributed by atoms with E-state index in [0.29, 0.717) is 22.9 Å². The molecule has 1 N–H and O–H groups in total. The second-order valence-corrected chi connectivity index (χ2v) is 6.11. The van der Waals surface area contributed by atoms with Gasteiger partial charge >= 0.3 is 5.97 Å². The third-order valence-electron chi connectivity index (χ3n) is 3.82. The van der Waals surface area contributed by atoms with E-state index in [1.807, 2.05) is 72.8 Å². The summed E-state index contributed by atoms with van der Waals surface area (Å²) in [6.07, 6.45) is -0.0917. The Morgan fingerprint density at radius 2 is 1.60 bits per heavy atom. The van der Waals surface area contributed by atoms with Gasteiger partial charge in [-0.3, -0.25) is 4.79 Å². The molecule has 0 saturated carbocycles. The molecule has 0 aliphatic heterocycles. The summed E-state index contributed by atoms with van der Waals surface area (Å²) in [7, 11) is 0. The molecule has 0 amide bonds. The van der Waals surface area contributed by atoms with Crippen LogP contribution >= 0.6 is 11.6 Å². The molecule has 25 heavy (non-hydrogen) atoms. The van der Waals surface area contributed by atoms with Crippen molar-refractivity contribution in [3.63, 3.8) is 0 Å². The van der Waals surface area contributed by atoms with Gasteiger partial charge in [-0.1, -0.05) is 60.1 Å². The summed E-state index contributed by atoms with van der Waals surface area (Å²) in [5, 5.41) is 9.87. The minimum Gasteiger partial charge on any atom is -0.489 e. The van der Waals surface area contributed by atoms with E-state index in [4.69, 9.17) is 16.3 Å². The summed E-state index contributed by atoms with van der Waals surface area (Å²) in [5.41, 5.74) is 3.59. The average molecular weight is 353 g/mol. The highest BCUT2D eigenvalue weighted by Gasteiger charge is 2.11. The van der Waals surface area contributed by atoms with E-state index >= 15 is 0 Å². The Balaban J connectivity index is 1.86. The van der Waals surface area contributed by atoms with Gasteiger partial charge in [-0.25, -0.2) is 0 Å². The molecule has 0 aliphatic rings. The lowest BCUT2D eigenvalue weighted by molar-refractivity contribution is -0.136. The van der Waals surface area contributed by atoms with Crippen LogP contribution in [0.15, 0.2) is 72.8 Å². The second-order valence-electron chi connectivity index (χ2n) is 5.67. The van der Waals surface area contributed by atoms with Crippen LogP contribution < -0.4 is 4.74 Å². The van der Waals surface area contributed by atoms with Crippen LogP contribution in [0, 0.1) is 0 Å². The summed E-state index contributed by atoms with van der Waals surface area (Å²) in [4.78, 5) is 11.2. The highest BCUT2D eigenvalue weighted by Crippen LogP contribution is 2.28. The van der Waals surface area contributed by atoms with Gasteiger partial charge in [-0.05, 0) is 41.0 Å². The second kappa shape index (κ2) is 7.86. The van der Waals surface area contributed by atoms with Crippen molar-refractivity contribution in [2.75, 3.05) is 0 Å². The number of rotatable bonds is 6. The number of aliphatic carboxylic acids is 1. The first kappa shape index (κ1) is 17.1. The highest BCUT2D eigenvalue weighted by molar-refractivity contribution is 6.30. The Labute approximate surface area is 151 Å². The smallest absolute Gasteiger partial charge is 0.307 e. The number of carbonyl (C=O) groups is 1.